The van der Waals surface area contributed by atoms with Gasteiger partial charge in [-0.2, -0.15) is 0 Å². The molecule has 1 fully saturated rings. The minimum absolute atomic E-state index is 0.653. The topological polar surface area (TPSA) is 24.9 Å². The number of thioether (sulfide) groups is 1. The first-order chi connectivity index (χ1) is 7.29. The van der Waals surface area contributed by atoms with Crippen molar-refractivity contribution in [2.45, 2.75) is 23.9 Å². The summed E-state index contributed by atoms with van der Waals surface area (Å²) in [5.41, 5.74) is 0. The summed E-state index contributed by atoms with van der Waals surface area (Å²) >= 11 is 5.22. The summed E-state index contributed by atoms with van der Waals surface area (Å²) in [7, 11) is 2.05. The average molecular weight is 287 g/mol. The molecule has 0 spiro atoms. The van der Waals surface area contributed by atoms with Crippen LogP contribution in [-0.4, -0.2) is 23.8 Å². The van der Waals surface area contributed by atoms with Crippen molar-refractivity contribution in [1.29, 1.82) is 0 Å². The zero-order valence-electron chi connectivity index (χ0n) is 8.74. The fraction of sp³-hybridized carbons (Fsp3) is 0.545. The standard InChI is InChI=1S/C11H15BrN2S/c1-13-10(8-2-3-8)7-15-11-5-4-9(12)6-14-11/h4-6,8,10,13H,2-3,7H2,1H3. The lowest BCUT2D eigenvalue weighted by Crippen LogP contribution is -2.29. The van der Waals surface area contributed by atoms with Crippen molar-refractivity contribution in [3.05, 3.63) is 22.8 Å². The third kappa shape index (κ3) is 3.47. The number of hydrogen-bond donors (Lipinski definition) is 1. The van der Waals surface area contributed by atoms with E-state index in [2.05, 4.69) is 39.3 Å². The van der Waals surface area contributed by atoms with Crippen molar-refractivity contribution in [3.8, 4) is 0 Å². The Bertz CT molecular complexity index is 311. The molecule has 1 unspecified atom stereocenters. The van der Waals surface area contributed by atoms with Crippen molar-refractivity contribution in [2.75, 3.05) is 12.8 Å². The Balaban J connectivity index is 1.83. The molecule has 15 heavy (non-hydrogen) atoms. The maximum Gasteiger partial charge on any atom is 0.0961 e. The zero-order valence-corrected chi connectivity index (χ0v) is 11.1. The molecule has 0 aromatic carbocycles. The van der Waals surface area contributed by atoms with Gasteiger partial charge in [0.05, 0.1) is 5.03 Å². The molecule has 0 saturated heterocycles. The van der Waals surface area contributed by atoms with Gasteiger partial charge < -0.3 is 5.32 Å². The Morgan fingerprint density at radius 1 is 1.60 bits per heavy atom. The quantitative estimate of drug-likeness (QED) is 0.843. The number of nitrogens with zero attached hydrogens (tertiary/aromatic N) is 1. The van der Waals surface area contributed by atoms with E-state index in [4.69, 9.17) is 0 Å². The van der Waals surface area contributed by atoms with Gasteiger partial charge in [-0.15, -0.1) is 11.8 Å². The maximum atomic E-state index is 4.35. The van der Waals surface area contributed by atoms with Crippen molar-refractivity contribution in [1.82, 2.24) is 10.3 Å². The van der Waals surface area contributed by atoms with Crippen LogP contribution in [0.1, 0.15) is 12.8 Å². The van der Waals surface area contributed by atoms with Gasteiger partial charge in [-0.05, 0) is 53.9 Å². The van der Waals surface area contributed by atoms with Gasteiger partial charge in [-0.25, -0.2) is 4.98 Å². The lowest BCUT2D eigenvalue weighted by atomic mass is 10.2. The van der Waals surface area contributed by atoms with E-state index in [0.717, 1.165) is 21.2 Å². The van der Waals surface area contributed by atoms with E-state index >= 15 is 0 Å². The third-order valence-electron chi connectivity index (χ3n) is 2.67. The molecular weight excluding hydrogens is 272 g/mol. The van der Waals surface area contributed by atoms with Crippen LogP contribution in [0.3, 0.4) is 0 Å². The molecule has 0 aliphatic heterocycles. The van der Waals surface area contributed by atoms with Gasteiger partial charge in [-0.3, -0.25) is 0 Å². The maximum absolute atomic E-state index is 4.35. The van der Waals surface area contributed by atoms with Gasteiger partial charge in [0.1, 0.15) is 0 Å². The number of rotatable bonds is 5. The lowest BCUT2D eigenvalue weighted by Gasteiger charge is -2.13. The fourth-order valence-corrected chi connectivity index (χ4v) is 2.89. The van der Waals surface area contributed by atoms with Gasteiger partial charge in [-0.1, -0.05) is 0 Å². The van der Waals surface area contributed by atoms with Crippen LogP contribution < -0.4 is 5.32 Å². The molecular formula is C11H15BrN2S. The van der Waals surface area contributed by atoms with Crippen LogP contribution in [0.15, 0.2) is 27.8 Å². The minimum Gasteiger partial charge on any atom is -0.316 e. The highest BCUT2D eigenvalue weighted by Gasteiger charge is 2.29. The summed E-state index contributed by atoms with van der Waals surface area (Å²) in [6.45, 7) is 0. The van der Waals surface area contributed by atoms with Crippen molar-refractivity contribution in [3.63, 3.8) is 0 Å². The van der Waals surface area contributed by atoms with Crippen LogP contribution in [0.4, 0.5) is 0 Å². The average Bonchev–Trinajstić information content (AvgIpc) is 3.06. The van der Waals surface area contributed by atoms with Crippen molar-refractivity contribution in [2.24, 2.45) is 5.92 Å². The highest BCUT2D eigenvalue weighted by Crippen LogP contribution is 2.34. The number of pyridine rings is 1. The molecule has 1 aliphatic carbocycles. The second-order valence-corrected chi connectivity index (χ2v) is 5.81. The molecule has 1 N–H and O–H groups in total. The van der Waals surface area contributed by atoms with Crippen LogP contribution in [0.5, 0.6) is 0 Å². The summed E-state index contributed by atoms with van der Waals surface area (Å²) in [6, 6.07) is 4.76. The molecule has 2 nitrogen and oxygen atoms in total. The minimum atomic E-state index is 0.653. The normalized spacial score (nSPS) is 17.7. The van der Waals surface area contributed by atoms with E-state index in [1.807, 2.05) is 24.0 Å². The molecule has 0 radical (unpaired) electrons. The van der Waals surface area contributed by atoms with Gasteiger partial charge in [0.15, 0.2) is 0 Å². The van der Waals surface area contributed by atoms with Crippen LogP contribution in [0.25, 0.3) is 0 Å². The van der Waals surface area contributed by atoms with Gasteiger partial charge in [0.25, 0.3) is 0 Å². The van der Waals surface area contributed by atoms with Crippen LogP contribution >= 0.6 is 27.7 Å². The number of hydrogen-bond acceptors (Lipinski definition) is 3. The second-order valence-electron chi connectivity index (χ2n) is 3.86. The molecule has 82 valence electrons. The molecule has 2 rings (SSSR count). The Kier molecular flexibility index (Phi) is 4.05. The van der Waals surface area contributed by atoms with Gasteiger partial charge in [0.2, 0.25) is 0 Å². The molecule has 1 aromatic rings. The Morgan fingerprint density at radius 2 is 2.40 bits per heavy atom. The highest BCUT2D eigenvalue weighted by atomic mass is 79.9. The second kappa shape index (κ2) is 5.32. The Morgan fingerprint density at radius 3 is 2.93 bits per heavy atom. The molecule has 1 aromatic heterocycles. The van der Waals surface area contributed by atoms with E-state index in [1.54, 1.807) is 0 Å². The summed E-state index contributed by atoms with van der Waals surface area (Å²) < 4.78 is 1.04. The molecule has 0 bridgehead atoms. The smallest absolute Gasteiger partial charge is 0.0961 e. The van der Waals surface area contributed by atoms with Crippen molar-refractivity contribution < 1.29 is 0 Å². The van der Waals surface area contributed by atoms with Crippen LogP contribution in [-0.2, 0) is 0 Å². The predicted octanol–water partition coefficient (Wildman–Crippen LogP) is 2.93. The first kappa shape index (κ1) is 11.4. The first-order valence-electron chi connectivity index (χ1n) is 5.21. The largest absolute Gasteiger partial charge is 0.316 e. The molecule has 4 heteroatoms. The first-order valence-corrected chi connectivity index (χ1v) is 6.99. The SMILES string of the molecule is CNC(CSc1ccc(Br)cn1)C1CC1. The van der Waals surface area contributed by atoms with E-state index < -0.39 is 0 Å². The lowest BCUT2D eigenvalue weighted by molar-refractivity contribution is 0.553. The number of aromatic nitrogens is 1. The van der Waals surface area contributed by atoms with E-state index in [9.17, 15) is 0 Å². The highest BCUT2D eigenvalue weighted by molar-refractivity contribution is 9.10. The van der Waals surface area contributed by atoms with Crippen molar-refractivity contribution >= 4 is 27.7 Å². The van der Waals surface area contributed by atoms with Gasteiger partial charge in [0, 0.05) is 22.5 Å². The molecule has 1 aliphatic rings. The molecule has 1 heterocycles. The van der Waals surface area contributed by atoms with Gasteiger partial charge >= 0.3 is 0 Å². The van der Waals surface area contributed by atoms with Crippen LogP contribution in [0.2, 0.25) is 0 Å². The molecule has 0 amide bonds. The number of nitrogens with one attached hydrogen (secondary N) is 1. The Hall–Kier alpha value is -0.0600. The predicted molar refractivity (Wildman–Crippen MR) is 68.2 cm³/mol. The molecule has 1 saturated carbocycles. The van der Waals surface area contributed by atoms with E-state index in [1.165, 1.54) is 12.8 Å². The summed E-state index contributed by atoms with van der Waals surface area (Å²) in [5, 5.41) is 4.50. The number of halogens is 1. The third-order valence-corrected chi connectivity index (χ3v) is 4.20. The zero-order chi connectivity index (χ0) is 10.7. The van der Waals surface area contributed by atoms with E-state index in [0.29, 0.717) is 6.04 Å². The van der Waals surface area contributed by atoms with E-state index in [-0.39, 0.29) is 0 Å². The Labute approximate surface area is 103 Å². The fourth-order valence-electron chi connectivity index (χ4n) is 1.58. The summed E-state index contributed by atoms with van der Waals surface area (Å²) in [5.74, 6) is 2.02. The molecule has 1 atom stereocenters. The van der Waals surface area contributed by atoms with Crippen LogP contribution in [0, 0.1) is 5.92 Å². The summed E-state index contributed by atoms with van der Waals surface area (Å²) in [4.78, 5) is 4.35. The monoisotopic (exact) mass is 286 g/mol. The summed E-state index contributed by atoms with van der Waals surface area (Å²) in [6.07, 6.45) is 4.63.